The third-order valence-electron chi connectivity index (χ3n) is 3.75. The van der Waals surface area contributed by atoms with Crippen molar-refractivity contribution in [2.75, 3.05) is 27.9 Å². The second-order valence-electron chi connectivity index (χ2n) is 5.17. The highest BCUT2D eigenvalue weighted by Crippen LogP contribution is 2.33. The highest BCUT2D eigenvalue weighted by Gasteiger charge is 2.43. The van der Waals surface area contributed by atoms with Crippen LogP contribution < -0.4 is 19.5 Å². The Balaban J connectivity index is 2.03. The molecule has 0 saturated heterocycles. The molecule has 5 heteroatoms. The van der Waals surface area contributed by atoms with Gasteiger partial charge in [0.25, 0.3) is 0 Å². The van der Waals surface area contributed by atoms with Crippen LogP contribution in [-0.2, 0) is 4.74 Å². The molecular weight excluding hydrogens is 270 g/mol. The second kappa shape index (κ2) is 7.52. The van der Waals surface area contributed by atoms with Crippen LogP contribution in [0.1, 0.15) is 19.8 Å². The van der Waals surface area contributed by atoms with E-state index in [1.807, 2.05) is 25.2 Å². The van der Waals surface area contributed by atoms with Gasteiger partial charge in [0.05, 0.1) is 14.2 Å². The van der Waals surface area contributed by atoms with Crippen LogP contribution in [0.5, 0.6) is 17.2 Å². The van der Waals surface area contributed by atoms with Gasteiger partial charge in [0.15, 0.2) is 0 Å². The Labute approximate surface area is 126 Å². The molecule has 5 nitrogen and oxygen atoms in total. The summed E-state index contributed by atoms with van der Waals surface area (Å²) in [4.78, 5) is 0. The largest absolute Gasteiger partial charge is 0.496 e. The van der Waals surface area contributed by atoms with E-state index >= 15 is 0 Å². The number of benzene rings is 1. The van der Waals surface area contributed by atoms with Gasteiger partial charge in [-0.15, -0.1) is 0 Å². The number of nitrogens with one attached hydrogen (secondary N) is 1. The fourth-order valence-corrected chi connectivity index (χ4v) is 2.48. The van der Waals surface area contributed by atoms with Gasteiger partial charge in [-0.1, -0.05) is 6.92 Å². The lowest BCUT2D eigenvalue weighted by Gasteiger charge is -2.43. The minimum atomic E-state index is 0.0609. The molecule has 2 rings (SSSR count). The first kappa shape index (κ1) is 15.9. The first-order valence-electron chi connectivity index (χ1n) is 7.40. The van der Waals surface area contributed by atoms with Crippen LogP contribution in [0.3, 0.4) is 0 Å². The second-order valence-corrected chi connectivity index (χ2v) is 5.17. The third kappa shape index (κ3) is 3.80. The lowest BCUT2D eigenvalue weighted by molar-refractivity contribution is -0.106. The smallest absolute Gasteiger partial charge is 0.128 e. The standard InChI is InChI=1S/C16H25NO4/c1-5-6-20-16-14(17-2)10-15(16)21-13-8-11(18-3)7-12(9-13)19-4/h7-9,14-17H,5-6,10H2,1-4H3. The Kier molecular flexibility index (Phi) is 5.70. The molecule has 0 bridgehead atoms. The maximum atomic E-state index is 6.05. The zero-order chi connectivity index (χ0) is 15.2. The number of hydrogen-bond donors (Lipinski definition) is 1. The molecule has 1 aliphatic rings. The predicted octanol–water partition coefficient (Wildman–Crippen LogP) is 2.24. The van der Waals surface area contributed by atoms with E-state index in [-0.39, 0.29) is 12.2 Å². The maximum Gasteiger partial charge on any atom is 0.128 e. The van der Waals surface area contributed by atoms with Gasteiger partial charge in [-0.25, -0.2) is 0 Å². The van der Waals surface area contributed by atoms with Crippen molar-refractivity contribution in [3.05, 3.63) is 18.2 Å². The molecule has 1 fully saturated rings. The van der Waals surface area contributed by atoms with Gasteiger partial charge >= 0.3 is 0 Å². The highest BCUT2D eigenvalue weighted by molar-refractivity contribution is 5.42. The van der Waals surface area contributed by atoms with Crippen molar-refractivity contribution in [2.24, 2.45) is 0 Å². The van der Waals surface area contributed by atoms with Crippen molar-refractivity contribution in [2.45, 2.75) is 38.0 Å². The van der Waals surface area contributed by atoms with E-state index in [0.29, 0.717) is 6.04 Å². The number of likely N-dealkylation sites (N-methyl/N-ethyl adjacent to an activating group) is 1. The van der Waals surface area contributed by atoms with E-state index in [0.717, 1.165) is 36.7 Å². The summed E-state index contributed by atoms with van der Waals surface area (Å²) >= 11 is 0. The van der Waals surface area contributed by atoms with E-state index in [4.69, 9.17) is 18.9 Å². The van der Waals surface area contributed by atoms with Crippen LogP contribution in [0.4, 0.5) is 0 Å². The van der Waals surface area contributed by atoms with Crippen LogP contribution in [-0.4, -0.2) is 46.1 Å². The van der Waals surface area contributed by atoms with Gasteiger partial charge in [0.1, 0.15) is 29.5 Å². The fraction of sp³-hybridized carbons (Fsp3) is 0.625. The van der Waals surface area contributed by atoms with Gasteiger partial charge in [-0.05, 0) is 13.5 Å². The summed E-state index contributed by atoms with van der Waals surface area (Å²) in [7, 11) is 5.22. The van der Waals surface area contributed by atoms with Gasteiger partial charge in [-0.2, -0.15) is 0 Å². The molecule has 0 aliphatic heterocycles. The van der Waals surface area contributed by atoms with E-state index in [1.54, 1.807) is 14.2 Å². The molecule has 1 saturated carbocycles. The van der Waals surface area contributed by atoms with Crippen LogP contribution in [0, 0.1) is 0 Å². The average molecular weight is 295 g/mol. The molecule has 21 heavy (non-hydrogen) atoms. The van der Waals surface area contributed by atoms with Gasteiger partial charge < -0.3 is 24.3 Å². The van der Waals surface area contributed by atoms with E-state index < -0.39 is 0 Å². The molecule has 0 amide bonds. The molecule has 0 spiro atoms. The molecule has 1 aromatic rings. The van der Waals surface area contributed by atoms with Crippen molar-refractivity contribution in [3.8, 4) is 17.2 Å². The summed E-state index contributed by atoms with van der Waals surface area (Å²) in [6.07, 6.45) is 2.09. The zero-order valence-corrected chi connectivity index (χ0v) is 13.2. The maximum absolute atomic E-state index is 6.05. The van der Waals surface area contributed by atoms with Crippen molar-refractivity contribution in [1.82, 2.24) is 5.32 Å². The normalized spacial score (nSPS) is 24.3. The molecule has 1 N–H and O–H groups in total. The van der Waals surface area contributed by atoms with E-state index in [9.17, 15) is 0 Å². The molecule has 0 aromatic heterocycles. The van der Waals surface area contributed by atoms with Gasteiger partial charge in [0, 0.05) is 37.3 Å². The summed E-state index contributed by atoms with van der Waals surface area (Å²) < 4.78 is 22.5. The summed E-state index contributed by atoms with van der Waals surface area (Å²) in [6.45, 7) is 2.86. The number of rotatable bonds is 8. The van der Waals surface area contributed by atoms with Crippen LogP contribution in [0.2, 0.25) is 0 Å². The molecule has 118 valence electrons. The Bertz CT molecular complexity index is 430. The minimum absolute atomic E-state index is 0.0609. The zero-order valence-electron chi connectivity index (χ0n) is 13.2. The molecule has 3 atom stereocenters. The van der Waals surface area contributed by atoms with E-state index in [1.165, 1.54) is 0 Å². The Morgan fingerprint density at radius 2 is 1.71 bits per heavy atom. The van der Waals surface area contributed by atoms with Crippen molar-refractivity contribution in [3.63, 3.8) is 0 Å². The average Bonchev–Trinajstić information content (AvgIpc) is 2.50. The summed E-state index contributed by atoms with van der Waals surface area (Å²) in [6, 6.07) is 5.92. The Morgan fingerprint density at radius 1 is 1.10 bits per heavy atom. The monoisotopic (exact) mass is 295 g/mol. The van der Waals surface area contributed by atoms with Crippen molar-refractivity contribution >= 4 is 0 Å². The fourth-order valence-electron chi connectivity index (χ4n) is 2.48. The Hall–Kier alpha value is -1.46. The molecule has 3 unspecified atom stereocenters. The quantitative estimate of drug-likeness (QED) is 0.797. The van der Waals surface area contributed by atoms with Crippen LogP contribution in [0.15, 0.2) is 18.2 Å². The van der Waals surface area contributed by atoms with Gasteiger partial charge in [0.2, 0.25) is 0 Å². The van der Waals surface area contributed by atoms with Gasteiger partial charge in [-0.3, -0.25) is 0 Å². The summed E-state index contributed by atoms with van der Waals surface area (Å²) in [5.41, 5.74) is 0. The van der Waals surface area contributed by atoms with Crippen molar-refractivity contribution in [1.29, 1.82) is 0 Å². The minimum Gasteiger partial charge on any atom is -0.496 e. The first-order chi connectivity index (χ1) is 10.2. The topological polar surface area (TPSA) is 49.0 Å². The van der Waals surface area contributed by atoms with Crippen LogP contribution in [0.25, 0.3) is 0 Å². The Morgan fingerprint density at radius 3 is 2.24 bits per heavy atom. The summed E-state index contributed by atoms with van der Waals surface area (Å²) in [5, 5.41) is 3.27. The van der Waals surface area contributed by atoms with Crippen LogP contribution >= 0.6 is 0 Å². The van der Waals surface area contributed by atoms with E-state index in [2.05, 4.69) is 12.2 Å². The molecule has 1 aromatic carbocycles. The number of hydrogen-bond acceptors (Lipinski definition) is 5. The highest BCUT2D eigenvalue weighted by atomic mass is 16.5. The number of ether oxygens (including phenoxy) is 4. The molecule has 0 heterocycles. The SMILES string of the molecule is CCCOC1C(NC)CC1Oc1cc(OC)cc(OC)c1. The molecular formula is C16H25NO4. The lowest BCUT2D eigenvalue weighted by Crippen LogP contribution is -2.60. The predicted molar refractivity (Wildman–Crippen MR) is 81.5 cm³/mol. The van der Waals surface area contributed by atoms with Crippen molar-refractivity contribution < 1.29 is 18.9 Å². The first-order valence-corrected chi connectivity index (χ1v) is 7.40. The third-order valence-corrected chi connectivity index (χ3v) is 3.75. The summed E-state index contributed by atoms with van der Waals surface area (Å²) in [5.74, 6) is 2.19. The lowest BCUT2D eigenvalue weighted by atomic mass is 9.85. The molecule has 0 radical (unpaired) electrons. The molecule has 1 aliphatic carbocycles. The number of methoxy groups -OCH3 is 2.